The second-order valence-corrected chi connectivity index (χ2v) is 12.5. The number of benzene rings is 2. The maximum Gasteiger partial charge on any atom is 0.327 e. The molecule has 3 rings (SSSR count). The molecular formula is C26H32N4O6S2. The molecule has 0 spiro atoms. The summed E-state index contributed by atoms with van der Waals surface area (Å²) < 4.78 is -0.930. The minimum atomic E-state index is -1.22. The fourth-order valence-electron chi connectivity index (χ4n) is 3.85. The van der Waals surface area contributed by atoms with Crippen molar-refractivity contribution >= 4 is 45.3 Å². The summed E-state index contributed by atoms with van der Waals surface area (Å²) >= 11 is 0. The topological polar surface area (TPSA) is 171 Å². The lowest BCUT2D eigenvalue weighted by molar-refractivity contribution is -0.143. The van der Waals surface area contributed by atoms with E-state index in [9.17, 15) is 29.4 Å². The molecule has 1 fully saturated rings. The molecular weight excluding hydrogens is 528 g/mol. The molecule has 0 unspecified atom stereocenters. The lowest BCUT2D eigenvalue weighted by atomic mass is 10.0. The minimum Gasteiger partial charge on any atom is -0.508 e. The van der Waals surface area contributed by atoms with Gasteiger partial charge < -0.3 is 31.9 Å². The fourth-order valence-corrected chi connectivity index (χ4v) is 6.66. The molecule has 0 aromatic heterocycles. The number of rotatable bonds is 7. The first-order chi connectivity index (χ1) is 18.0. The van der Waals surface area contributed by atoms with E-state index in [1.165, 1.54) is 33.7 Å². The molecule has 1 aliphatic rings. The van der Waals surface area contributed by atoms with Crippen LogP contribution in [0, 0.1) is 0 Å². The predicted molar refractivity (Wildman–Crippen MR) is 147 cm³/mol. The summed E-state index contributed by atoms with van der Waals surface area (Å²) in [6.07, 6.45) is 0.321. The third-order valence-electron chi connectivity index (χ3n) is 6.01. The third kappa shape index (κ3) is 8.14. The van der Waals surface area contributed by atoms with E-state index in [-0.39, 0.29) is 24.3 Å². The number of phenolic OH excluding ortho intramolecular Hbond substituents is 1. The van der Waals surface area contributed by atoms with Gasteiger partial charge in [0.2, 0.25) is 17.7 Å². The van der Waals surface area contributed by atoms with E-state index >= 15 is 0 Å². The number of amides is 3. The van der Waals surface area contributed by atoms with E-state index in [1.807, 2.05) is 6.07 Å². The molecule has 2 aromatic carbocycles. The third-order valence-corrected chi connectivity index (χ3v) is 9.32. The summed E-state index contributed by atoms with van der Waals surface area (Å²) in [5, 5.41) is 27.3. The van der Waals surface area contributed by atoms with Crippen molar-refractivity contribution in [3.05, 3.63) is 65.7 Å². The maximum absolute atomic E-state index is 13.3. The largest absolute Gasteiger partial charge is 0.508 e. The molecule has 2 aromatic rings. The Bertz CT molecular complexity index is 1150. The standard InChI is InChI=1S/C26H32N4O6S2/c1-26(2)21(25(35)36)30-23(33)19(13-15-6-4-3-5-7-15)28-24(34)20(14-37-38-26)29-22(32)18(27)12-16-8-10-17(31)11-9-16/h3-11,18-21,31H,12-14,27H2,1-2H3,(H,28,34)(H,29,32)(H,30,33)(H,35,36)/t18-,19+,20+,21-/m1/s1. The van der Waals surface area contributed by atoms with Crippen LogP contribution in [0.2, 0.25) is 0 Å². The Morgan fingerprint density at radius 2 is 1.71 bits per heavy atom. The minimum absolute atomic E-state index is 0.0950. The number of aromatic hydroxyl groups is 1. The van der Waals surface area contributed by atoms with Gasteiger partial charge in [-0.15, -0.1) is 0 Å². The molecule has 0 radical (unpaired) electrons. The lowest BCUT2D eigenvalue weighted by Crippen LogP contribution is -2.59. The molecule has 0 saturated carbocycles. The molecule has 38 heavy (non-hydrogen) atoms. The van der Waals surface area contributed by atoms with Crippen LogP contribution in [0.3, 0.4) is 0 Å². The predicted octanol–water partition coefficient (Wildman–Crippen LogP) is 1.22. The van der Waals surface area contributed by atoms with Crippen molar-refractivity contribution in [2.24, 2.45) is 5.73 Å². The summed E-state index contributed by atoms with van der Waals surface area (Å²) in [5.41, 5.74) is 7.61. The highest BCUT2D eigenvalue weighted by atomic mass is 33.1. The quantitative estimate of drug-likeness (QED) is 0.272. The van der Waals surface area contributed by atoms with Gasteiger partial charge in [0.1, 0.15) is 23.9 Å². The number of carboxylic acids is 1. The van der Waals surface area contributed by atoms with Crippen LogP contribution in [-0.4, -0.2) is 68.6 Å². The number of phenols is 1. The van der Waals surface area contributed by atoms with Crippen LogP contribution in [0.4, 0.5) is 0 Å². The molecule has 3 amide bonds. The zero-order valence-electron chi connectivity index (χ0n) is 21.0. The highest BCUT2D eigenvalue weighted by molar-refractivity contribution is 8.77. The number of carboxylic acid groups (broad SMARTS) is 1. The molecule has 1 aliphatic heterocycles. The summed E-state index contributed by atoms with van der Waals surface area (Å²) in [4.78, 5) is 51.5. The van der Waals surface area contributed by atoms with Crippen molar-refractivity contribution in [1.82, 2.24) is 16.0 Å². The average Bonchev–Trinajstić information content (AvgIpc) is 2.88. The van der Waals surface area contributed by atoms with Crippen molar-refractivity contribution in [3.8, 4) is 5.75 Å². The van der Waals surface area contributed by atoms with Crippen LogP contribution in [0.5, 0.6) is 5.75 Å². The zero-order valence-corrected chi connectivity index (χ0v) is 22.7. The van der Waals surface area contributed by atoms with Gasteiger partial charge in [0, 0.05) is 12.2 Å². The van der Waals surface area contributed by atoms with E-state index in [1.54, 1.807) is 50.2 Å². The molecule has 1 heterocycles. The Hall–Kier alpha value is -3.22. The highest BCUT2D eigenvalue weighted by Gasteiger charge is 2.40. The molecule has 12 heteroatoms. The van der Waals surface area contributed by atoms with Crippen LogP contribution >= 0.6 is 21.6 Å². The first kappa shape index (κ1) is 29.3. The van der Waals surface area contributed by atoms with Crippen molar-refractivity contribution < 1.29 is 29.4 Å². The Morgan fingerprint density at radius 1 is 1.05 bits per heavy atom. The van der Waals surface area contributed by atoms with Crippen LogP contribution < -0.4 is 21.7 Å². The molecule has 10 nitrogen and oxygen atoms in total. The number of hydrogen-bond donors (Lipinski definition) is 6. The Balaban J connectivity index is 1.81. The molecule has 7 N–H and O–H groups in total. The van der Waals surface area contributed by atoms with Gasteiger partial charge in [-0.2, -0.15) is 0 Å². The molecule has 0 bridgehead atoms. The van der Waals surface area contributed by atoms with Crippen LogP contribution in [-0.2, 0) is 32.0 Å². The Labute approximate surface area is 228 Å². The first-order valence-corrected chi connectivity index (χ1v) is 14.3. The number of nitrogens with one attached hydrogen (secondary N) is 3. The Morgan fingerprint density at radius 3 is 2.34 bits per heavy atom. The number of aliphatic carboxylic acids is 1. The summed E-state index contributed by atoms with van der Waals surface area (Å²) in [7, 11) is 2.43. The summed E-state index contributed by atoms with van der Waals surface area (Å²) in [6.45, 7) is 3.40. The normalized spacial score (nSPS) is 22.8. The van der Waals surface area contributed by atoms with Crippen LogP contribution in [0.15, 0.2) is 54.6 Å². The van der Waals surface area contributed by atoms with Crippen molar-refractivity contribution in [2.45, 2.75) is 55.6 Å². The van der Waals surface area contributed by atoms with Gasteiger partial charge >= 0.3 is 5.97 Å². The first-order valence-electron chi connectivity index (χ1n) is 12.0. The molecule has 4 atom stereocenters. The summed E-state index contributed by atoms with van der Waals surface area (Å²) in [6, 6.07) is 11.1. The van der Waals surface area contributed by atoms with Gasteiger partial charge in [0.25, 0.3) is 0 Å². The van der Waals surface area contributed by atoms with Crippen LogP contribution in [0.25, 0.3) is 0 Å². The van der Waals surface area contributed by atoms with E-state index < -0.39 is 52.6 Å². The van der Waals surface area contributed by atoms with E-state index in [2.05, 4.69) is 16.0 Å². The van der Waals surface area contributed by atoms with Gasteiger partial charge in [0.05, 0.1) is 10.8 Å². The second-order valence-electron chi connectivity index (χ2n) is 9.54. The van der Waals surface area contributed by atoms with Crippen LogP contribution in [0.1, 0.15) is 25.0 Å². The van der Waals surface area contributed by atoms with E-state index in [0.717, 1.165) is 11.1 Å². The van der Waals surface area contributed by atoms with Gasteiger partial charge in [-0.05, 0) is 43.5 Å². The van der Waals surface area contributed by atoms with E-state index in [4.69, 9.17) is 5.73 Å². The highest BCUT2D eigenvalue weighted by Crippen LogP contribution is 2.39. The maximum atomic E-state index is 13.3. The molecule has 1 saturated heterocycles. The van der Waals surface area contributed by atoms with Crippen molar-refractivity contribution in [1.29, 1.82) is 0 Å². The van der Waals surface area contributed by atoms with Gasteiger partial charge in [-0.1, -0.05) is 64.1 Å². The number of carbonyl (C=O) groups is 4. The zero-order chi connectivity index (χ0) is 27.9. The second kappa shape index (κ2) is 13.0. The monoisotopic (exact) mass is 560 g/mol. The average molecular weight is 561 g/mol. The number of hydrogen-bond acceptors (Lipinski definition) is 8. The van der Waals surface area contributed by atoms with E-state index in [0.29, 0.717) is 0 Å². The SMILES string of the molecule is CC1(C)SSC[C@H](NC(=O)[C@H](N)Cc2ccc(O)cc2)C(=O)N[C@@H](Cc2ccccc2)C(=O)N[C@@H]1C(=O)O. The smallest absolute Gasteiger partial charge is 0.327 e. The van der Waals surface area contributed by atoms with Gasteiger partial charge in [-0.3, -0.25) is 14.4 Å². The number of nitrogens with two attached hydrogens (primary N) is 1. The van der Waals surface area contributed by atoms with Gasteiger partial charge in [-0.25, -0.2) is 4.79 Å². The van der Waals surface area contributed by atoms with Crippen molar-refractivity contribution in [2.75, 3.05) is 5.75 Å². The fraction of sp³-hybridized carbons (Fsp3) is 0.385. The molecule has 204 valence electrons. The van der Waals surface area contributed by atoms with Crippen molar-refractivity contribution in [3.63, 3.8) is 0 Å². The Kier molecular flexibility index (Phi) is 10.1. The number of carbonyl (C=O) groups excluding carboxylic acids is 3. The lowest BCUT2D eigenvalue weighted by Gasteiger charge is -2.31. The summed E-state index contributed by atoms with van der Waals surface area (Å²) in [5.74, 6) is -2.74. The molecule has 0 aliphatic carbocycles. The van der Waals surface area contributed by atoms with Gasteiger partial charge in [0.15, 0.2) is 0 Å².